The maximum atomic E-state index is 6.08. The number of rotatable bonds is 3. The lowest BCUT2D eigenvalue weighted by Gasteiger charge is -2.09. The van der Waals surface area contributed by atoms with Crippen LogP contribution in [-0.2, 0) is 6.42 Å². The molecule has 3 rings (SSSR count). The predicted molar refractivity (Wildman–Crippen MR) is 76.5 cm³/mol. The highest BCUT2D eigenvalue weighted by Crippen LogP contribution is 2.24. The van der Waals surface area contributed by atoms with Gasteiger partial charge in [-0.05, 0) is 23.8 Å². The standard InChI is InChI=1S/C14H13ClN4/c15-11-3-2-10(8-13-16-6-7-17-13)12(9-11)14-18-4-1-5-19-14/h1-5,9H,6-8H2,(H,16,17). The van der Waals surface area contributed by atoms with E-state index in [4.69, 9.17) is 11.6 Å². The van der Waals surface area contributed by atoms with Crippen molar-refractivity contribution in [1.29, 1.82) is 0 Å². The number of benzene rings is 1. The van der Waals surface area contributed by atoms with Crippen LogP contribution in [0.3, 0.4) is 0 Å². The normalized spacial score (nSPS) is 14.1. The van der Waals surface area contributed by atoms with Gasteiger partial charge in [0.1, 0.15) is 5.84 Å². The van der Waals surface area contributed by atoms with E-state index in [1.165, 1.54) is 0 Å². The molecule has 2 heterocycles. The second kappa shape index (κ2) is 5.36. The molecule has 0 amide bonds. The van der Waals surface area contributed by atoms with E-state index >= 15 is 0 Å². The Bertz CT molecular complexity index is 610. The fraction of sp³-hybridized carbons (Fsp3) is 0.214. The second-order valence-electron chi connectivity index (χ2n) is 4.31. The van der Waals surface area contributed by atoms with Crippen LogP contribution >= 0.6 is 11.6 Å². The molecule has 1 aliphatic heterocycles. The summed E-state index contributed by atoms with van der Waals surface area (Å²) in [5, 5.41) is 3.96. The first kappa shape index (κ1) is 12.1. The smallest absolute Gasteiger partial charge is 0.159 e. The van der Waals surface area contributed by atoms with Gasteiger partial charge < -0.3 is 5.32 Å². The Balaban J connectivity index is 1.99. The number of halogens is 1. The highest BCUT2D eigenvalue weighted by molar-refractivity contribution is 6.30. The van der Waals surface area contributed by atoms with Gasteiger partial charge in [0.2, 0.25) is 0 Å². The summed E-state index contributed by atoms with van der Waals surface area (Å²) in [5.74, 6) is 1.71. The second-order valence-corrected chi connectivity index (χ2v) is 4.74. The molecule has 0 aliphatic carbocycles. The minimum Gasteiger partial charge on any atom is -0.372 e. The van der Waals surface area contributed by atoms with Crippen LogP contribution in [0.5, 0.6) is 0 Å². The monoisotopic (exact) mass is 272 g/mol. The summed E-state index contributed by atoms with van der Waals surface area (Å²) >= 11 is 6.08. The van der Waals surface area contributed by atoms with Crippen molar-refractivity contribution in [1.82, 2.24) is 15.3 Å². The van der Waals surface area contributed by atoms with E-state index in [0.29, 0.717) is 10.8 Å². The molecule has 0 spiro atoms. The molecule has 0 saturated heterocycles. The van der Waals surface area contributed by atoms with E-state index in [9.17, 15) is 0 Å². The van der Waals surface area contributed by atoms with Gasteiger partial charge in [-0.2, -0.15) is 0 Å². The number of amidine groups is 1. The molecule has 0 saturated carbocycles. The maximum Gasteiger partial charge on any atom is 0.159 e. The Morgan fingerprint density at radius 1 is 1.21 bits per heavy atom. The third-order valence-corrected chi connectivity index (χ3v) is 3.22. The number of hydrogen-bond donors (Lipinski definition) is 1. The molecule has 0 fully saturated rings. The van der Waals surface area contributed by atoms with E-state index in [2.05, 4.69) is 20.3 Å². The maximum absolute atomic E-state index is 6.08. The van der Waals surface area contributed by atoms with Crippen LogP contribution in [-0.4, -0.2) is 28.9 Å². The van der Waals surface area contributed by atoms with Crippen LogP contribution in [0.4, 0.5) is 0 Å². The van der Waals surface area contributed by atoms with Crippen molar-refractivity contribution < 1.29 is 0 Å². The molecule has 1 aliphatic rings. The molecule has 5 heteroatoms. The molecular weight excluding hydrogens is 260 g/mol. The SMILES string of the molecule is Clc1ccc(CC2=NCCN2)c(-c2ncccn2)c1. The lowest BCUT2D eigenvalue weighted by molar-refractivity contribution is 0.953. The highest BCUT2D eigenvalue weighted by atomic mass is 35.5. The average molecular weight is 273 g/mol. The van der Waals surface area contributed by atoms with Crippen molar-refractivity contribution in [2.45, 2.75) is 6.42 Å². The Hall–Kier alpha value is -1.94. The summed E-state index contributed by atoms with van der Waals surface area (Å²) in [7, 11) is 0. The van der Waals surface area contributed by atoms with Crippen LogP contribution in [0.1, 0.15) is 5.56 Å². The van der Waals surface area contributed by atoms with E-state index in [-0.39, 0.29) is 0 Å². The molecule has 0 unspecified atom stereocenters. The van der Waals surface area contributed by atoms with Crippen molar-refractivity contribution in [3.63, 3.8) is 0 Å². The van der Waals surface area contributed by atoms with E-state index in [0.717, 1.165) is 36.5 Å². The summed E-state index contributed by atoms with van der Waals surface area (Å²) in [6.45, 7) is 1.76. The van der Waals surface area contributed by atoms with E-state index in [1.807, 2.05) is 18.2 Å². The lowest BCUT2D eigenvalue weighted by Crippen LogP contribution is -2.20. The van der Waals surface area contributed by atoms with Crippen molar-refractivity contribution in [3.8, 4) is 11.4 Å². The van der Waals surface area contributed by atoms with Gasteiger partial charge in [0.05, 0.1) is 6.54 Å². The first-order chi connectivity index (χ1) is 9.33. The van der Waals surface area contributed by atoms with Gasteiger partial charge >= 0.3 is 0 Å². The first-order valence-electron chi connectivity index (χ1n) is 6.16. The minimum atomic E-state index is 0.688. The van der Waals surface area contributed by atoms with Crippen molar-refractivity contribution in [2.24, 2.45) is 4.99 Å². The molecule has 1 aromatic carbocycles. The van der Waals surface area contributed by atoms with E-state index < -0.39 is 0 Å². The molecule has 2 aromatic rings. The predicted octanol–water partition coefficient (Wildman–Crippen LogP) is 2.34. The number of aliphatic imine (C=N–C) groups is 1. The molecule has 19 heavy (non-hydrogen) atoms. The zero-order valence-corrected chi connectivity index (χ0v) is 11.1. The zero-order valence-electron chi connectivity index (χ0n) is 10.3. The fourth-order valence-corrected chi connectivity index (χ4v) is 2.27. The quantitative estimate of drug-likeness (QED) is 0.933. The molecular formula is C14H13ClN4. The lowest BCUT2D eigenvalue weighted by atomic mass is 10.0. The van der Waals surface area contributed by atoms with E-state index in [1.54, 1.807) is 18.5 Å². The zero-order chi connectivity index (χ0) is 13.1. The fourth-order valence-electron chi connectivity index (χ4n) is 2.09. The van der Waals surface area contributed by atoms with Gasteiger partial charge in [-0.25, -0.2) is 9.97 Å². The largest absolute Gasteiger partial charge is 0.372 e. The van der Waals surface area contributed by atoms with Crippen LogP contribution < -0.4 is 5.32 Å². The number of nitrogens with one attached hydrogen (secondary N) is 1. The Morgan fingerprint density at radius 2 is 2.05 bits per heavy atom. The van der Waals surface area contributed by atoms with Crippen LogP contribution in [0.25, 0.3) is 11.4 Å². The molecule has 96 valence electrons. The summed E-state index contributed by atoms with van der Waals surface area (Å²) < 4.78 is 0. The molecule has 4 nitrogen and oxygen atoms in total. The molecule has 1 N–H and O–H groups in total. The van der Waals surface area contributed by atoms with Crippen molar-refractivity contribution in [2.75, 3.05) is 13.1 Å². The number of hydrogen-bond acceptors (Lipinski definition) is 4. The summed E-state index contributed by atoms with van der Waals surface area (Å²) in [4.78, 5) is 13.0. The Kier molecular flexibility index (Phi) is 3.42. The molecule has 0 atom stereocenters. The van der Waals surface area contributed by atoms with Gasteiger partial charge in [-0.15, -0.1) is 0 Å². The average Bonchev–Trinajstić information content (AvgIpc) is 2.95. The van der Waals surface area contributed by atoms with Gasteiger partial charge in [0.15, 0.2) is 5.82 Å². The van der Waals surface area contributed by atoms with Crippen LogP contribution in [0, 0.1) is 0 Å². The molecule has 1 aromatic heterocycles. The third kappa shape index (κ3) is 2.74. The summed E-state index contributed by atoms with van der Waals surface area (Å²) in [6.07, 6.45) is 4.22. The minimum absolute atomic E-state index is 0.688. The topological polar surface area (TPSA) is 50.2 Å². The molecule has 0 bridgehead atoms. The van der Waals surface area contributed by atoms with Gasteiger partial charge in [0.25, 0.3) is 0 Å². The van der Waals surface area contributed by atoms with Gasteiger partial charge in [0, 0.05) is 35.9 Å². The first-order valence-corrected chi connectivity index (χ1v) is 6.54. The van der Waals surface area contributed by atoms with Crippen LogP contribution in [0.15, 0.2) is 41.7 Å². The van der Waals surface area contributed by atoms with Crippen LogP contribution in [0.2, 0.25) is 5.02 Å². The summed E-state index contributed by atoms with van der Waals surface area (Å²) in [5.41, 5.74) is 2.09. The number of nitrogens with zero attached hydrogens (tertiary/aromatic N) is 3. The Labute approximate surface area is 116 Å². The van der Waals surface area contributed by atoms with Crippen molar-refractivity contribution in [3.05, 3.63) is 47.2 Å². The molecule has 0 radical (unpaired) electrons. The Morgan fingerprint density at radius 3 is 2.79 bits per heavy atom. The van der Waals surface area contributed by atoms with Gasteiger partial charge in [-0.1, -0.05) is 17.7 Å². The summed E-state index contributed by atoms with van der Waals surface area (Å²) in [6, 6.07) is 7.60. The highest BCUT2D eigenvalue weighted by Gasteiger charge is 2.12. The van der Waals surface area contributed by atoms with Gasteiger partial charge in [-0.3, -0.25) is 4.99 Å². The third-order valence-electron chi connectivity index (χ3n) is 2.98. The van der Waals surface area contributed by atoms with Crippen molar-refractivity contribution >= 4 is 17.4 Å². The number of aromatic nitrogens is 2.